The Morgan fingerprint density at radius 3 is 2.15 bits per heavy atom. The maximum atomic E-state index is 14.0. The second-order valence-electron chi connectivity index (χ2n) is 10.5. The van der Waals surface area contributed by atoms with Gasteiger partial charge >= 0.3 is 0 Å². The Bertz CT molecular complexity index is 1440. The number of rotatable bonds is 10. The number of anilines is 1. The average molecular weight is 627 g/mol. The van der Waals surface area contributed by atoms with E-state index in [1.165, 1.54) is 4.90 Å². The normalized spacial score (nSPS) is 14.5. The average Bonchev–Trinajstić information content (AvgIpc) is 3.44. The van der Waals surface area contributed by atoms with Crippen molar-refractivity contribution in [1.29, 1.82) is 0 Å². The van der Waals surface area contributed by atoms with Crippen LogP contribution in [0.5, 0.6) is 0 Å². The van der Waals surface area contributed by atoms with Gasteiger partial charge in [-0.15, -0.1) is 0 Å². The molecule has 0 heterocycles. The van der Waals surface area contributed by atoms with Gasteiger partial charge in [0.2, 0.25) is 11.8 Å². The van der Waals surface area contributed by atoms with Crippen molar-refractivity contribution in [3.8, 4) is 0 Å². The number of nitrogens with one attached hydrogen (secondary N) is 1. The van der Waals surface area contributed by atoms with Gasteiger partial charge in [-0.2, -0.15) is 0 Å². The molecule has 1 fully saturated rings. The molecule has 9 heteroatoms. The molecule has 0 bridgehead atoms. The number of sulfonamides is 1. The molecular formula is C31H36BrN3O4S. The highest BCUT2D eigenvalue weighted by Crippen LogP contribution is 2.27. The minimum Gasteiger partial charge on any atom is -0.352 e. The largest absolute Gasteiger partial charge is 0.352 e. The van der Waals surface area contributed by atoms with Crippen LogP contribution in [-0.4, -0.2) is 43.8 Å². The minimum absolute atomic E-state index is 0.0861. The number of hydrogen-bond donors (Lipinski definition) is 1. The maximum absolute atomic E-state index is 14.0. The fourth-order valence-electron chi connectivity index (χ4n) is 4.86. The highest BCUT2D eigenvalue weighted by molar-refractivity contribution is 9.10. The van der Waals surface area contributed by atoms with Crippen LogP contribution in [-0.2, 0) is 26.2 Å². The summed E-state index contributed by atoms with van der Waals surface area (Å²) in [4.78, 5) is 28.9. The van der Waals surface area contributed by atoms with Gasteiger partial charge in [0.15, 0.2) is 0 Å². The number of halogens is 1. The third-order valence-corrected chi connectivity index (χ3v) is 9.61. The van der Waals surface area contributed by atoms with E-state index in [4.69, 9.17) is 0 Å². The summed E-state index contributed by atoms with van der Waals surface area (Å²) in [5, 5.41) is 3.09. The van der Waals surface area contributed by atoms with Gasteiger partial charge in [-0.25, -0.2) is 8.42 Å². The van der Waals surface area contributed by atoms with Crippen molar-refractivity contribution in [3.05, 3.63) is 94.0 Å². The summed E-state index contributed by atoms with van der Waals surface area (Å²) in [6.45, 7) is 5.28. The number of aryl methyl sites for hydroxylation is 2. The second-order valence-corrected chi connectivity index (χ2v) is 13.3. The van der Waals surface area contributed by atoms with Gasteiger partial charge in [0.1, 0.15) is 12.6 Å². The molecule has 1 N–H and O–H groups in total. The summed E-state index contributed by atoms with van der Waals surface area (Å²) in [5.74, 6) is -0.701. The molecule has 1 saturated carbocycles. The van der Waals surface area contributed by atoms with E-state index in [1.54, 1.807) is 55.5 Å². The Hall–Kier alpha value is -3.17. The van der Waals surface area contributed by atoms with E-state index in [2.05, 4.69) is 21.2 Å². The van der Waals surface area contributed by atoms with Gasteiger partial charge in [-0.1, -0.05) is 82.4 Å². The highest BCUT2D eigenvalue weighted by Gasteiger charge is 2.33. The van der Waals surface area contributed by atoms with Crippen molar-refractivity contribution >= 4 is 43.5 Å². The maximum Gasteiger partial charge on any atom is 0.264 e. The molecule has 2 amide bonds. The van der Waals surface area contributed by atoms with E-state index in [9.17, 15) is 18.0 Å². The van der Waals surface area contributed by atoms with Crippen LogP contribution < -0.4 is 9.62 Å². The van der Waals surface area contributed by atoms with Crippen LogP contribution in [0.15, 0.2) is 82.2 Å². The minimum atomic E-state index is -4.09. The van der Waals surface area contributed by atoms with Crippen LogP contribution in [0.25, 0.3) is 0 Å². The Morgan fingerprint density at radius 2 is 1.55 bits per heavy atom. The molecule has 0 radical (unpaired) electrons. The molecule has 3 aromatic carbocycles. The van der Waals surface area contributed by atoms with Gasteiger partial charge in [-0.05, 0) is 69.5 Å². The molecule has 1 aliphatic rings. The summed E-state index contributed by atoms with van der Waals surface area (Å²) in [6, 6.07) is 20.5. The zero-order valence-electron chi connectivity index (χ0n) is 23.1. The standard InChI is InChI=1S/C31H36BrN3O4S/c1-22-11-15-25(16-12-22)20-34(24(3)31(37)33-27-8-4-5-9-27)30(36)21-35(28-10-6-7-26(32)19-28)40(38,39)29-17-13-23(2)14-18-29/h6-7,10-19,24,27H,4-5,8-9,20-21H2,1-3H3,(H,33,37)/t24-/m0/s1. The molecule has 40 heavy (non-hydrogen) atoms. The number of hydrogen-bond acceptors (Lipinski definition) is 4. The van der Waals surface area contributed by atoms with Crippen molar-refractivity contribution in [2.24, 2.45) is 0 Å². The van der Waals surface area contributed by atoms with E-state index in [1.807, 2.05) is 38.1 Å². The Morgan fingerprint density at radius 1 is 0.950 bits per heavy atom. The monoisotopic (exact) mass is 625 g/mol. The van der Waals surface area contributed by atoms with Gasteiger partial charge in [-0.3, -0.25) is 13.9 Å². The van der Waals surface area contributed by atoms with Crippen molar-refractivity contribution in [2.45, 2.75) is 70.0 Å². The Labute approximate surface area is 245 Å². The summed E-state index contributed by atoms with van der Waals surface area (Å²) in [5.41, 5.74) is 3.21. The van der Waals surface area contributed by atoms with Gasteiger partial charge < -0.3 is 10.2 Å². The predicted octanol–water partition coefficient (Wildman–Crippen LogP) is 5.74. The van der Waals surface area contributed by atoms with Gasteiger partial charge in [0, 0.05) is 17.1 Å². The van der Waals surface area contributed by atoms with Crippen LogP contribution in [0, 0.1) is 13.8 Å². The van der Waals surface area contributed by atoms with Crippen LogP contribution in [0.3, 0.4) is 0 Å². The van der Waals surface area contributed by atoms with Crippen molar-refractivity contribution < 1.29 is 18.0 Å². The summed E-state index contributed by atoms with van der Waals surface area (Å²) >= 11 is 3.42. The molecule has 7 nitrogen and oxygen atoms in total. The molecule has 3 aromatic rings. The van der Waals surface area contributed by atoms with Crippen molar-refractivity contribution in [1.82, 2.24) is 10.2 Å². The third kappa shape index (κ3) is 7.31. The highest BCUT2D eigenvalue weighted by atomic mass is 79.9. The molecule has 0 spiro atoms. The first kappa shape index (κ1) is 29.8. The van der Waals surface area contributed by atoms with E-state index >= 15 is 0 Å². The van der Waals surface area contributed by atoms with Crippen LogP contribution in [0.1, 0.15) is 49.3 Å². The number of carbonyl (C=O) groups is 2. The molecule has 0 saturated heterocycles. The van der Waals surface area contributed by atoms with Gasteiger partial charge in [0.25, 0.3) is 10.0 Å². The zero-order chi connectivity index (χ0) is 28.9. The molecule has 212 valence electrons. The van der Waals surface area contributed by atoms with E-state index < -0.39 is 28.5 Å². The molecule has 0 aromatic heterocycles. The lowest BCUT2D eigenvalue weighted by Gasteiger charge is -2.32. The lowest BCUT2D eigenvalue weighted by atomic mass is 10.1. The Balaban J connectivity index is 1.68. The molecule has 4 rings (SSSR count). The van der Waals surface area contributed by atoms with Crippen LogP contribution in [0.2, 0.25) is 0 Å². The first-order chi connectivity index (χ1) is 19.0. The SMILES string of the molecule is Cc1ccc(CN(C(=O)CN(c2cccc(Br)c2)S(=O)(=O)c2ccc(C)cc2)[C@@H](C)C(=O)NC2CCCC2)cc1. The zero-order valence-corrected chi connectivity index (χ0v) is 25.5. The predicted molar refractivity (Wildman–Crippen MR) is 161 cm³/mol. The number of amides is 2. The molecule has 0 aliphatic heterocycles. The van der Waals surface area contributed by atoms with E-state index in [0.717, 1.165) is 46.7 Å². The molecule has 0 unspecified atom stereocenters. The quantitative estimate of drug-likeness (QED) is 0.311. The Kier molecular flexibility index (Phi) is 9.68. The summed E-state index contributed by atoms with van der Waals surface area (Å²) < 4.78 is 29.6. The van der Waals surface area contributed by atoms with Crippen molar-refractivity contribution in [2.75, 3.05) is 10.8 Å². The van der Waals surface area contributed by atoms with Gasteiger partial charge in [0.05, 0.1) is 10.6 Å². The lowest BCUT2D eigenvalue weighted by Crippen LogP contribution is -2.52. The molecular weight excluding hydrogens is 590 g/mol. The first-order valence-electron chi connectivity index (χ1n) is 13.5. The first-order valence-corrected chi connectivity index (χ1v) is 15.8. The fourth-order valence-corrected chi connectivity index (χ4v) is 6.66. The second kappa shape index (κ2) is 13.0. The summed E-state index contributed by atoms with van der Waals surface area (Å²) in [6.07, 6.45) is 4.00. The lowest BCUT2D eigenvalue weighted by molar-refractivity contribution is -0.139. The number of benzene rings is 3. The molecule has 1 atom stereocenters. The number of carbonyl (C=O) groups excluding carboxylic acids is 2. The third-order valence-electron chi connectivity index (χ3n) is 7.33. The number of nitrogens with zero attached hydrogens (tertiary/aromatic N) is 2. The van der Waals surface area contributed by atoms with Crippen molar-refractivity contribution in [3.63, 3.8) is 0 Å². The smallest absolute Gasteiger partial charge is 0.264 e. The van der Waals surface area contributed by atoms with E-state index in [0.29, 0.717) is 10.2 Å². The van der Waals surface area contributed by atoms with Crippen LogP contribution >= 0.6 is 15.9 Å². The fraction of sp³-hybridized carbons (Fsp3) is 0.355. The topological polar surface area (TPSA) is 86.8 Å². The molecule has 1 aliphatic carbocycles. The summed E-state index contributed by atoms with van der Waals surface area (Å²) in [7, 11) is -4.09. The van der Waals surface area contributed by atoms with Crippen LogP contribution in [0.4, 0.5) is 5.69 Å². The van der Waals surface area contributed by atoms with E-state index in [-0.39, 0.29) is 23.4 Å².